The summed E-state index contributed by atoms with van der Waals surface area (Å²) < 4.78 is 5.16. The van der Waals surface area contributed by atoms with Gasteiger partial charge in [-0.25, -0.2) is 0 Å². The Kier molecular flexibility index (Phi) is 4.49. The first-order chi connectivity index (χ1) is 9.10. The summed E-state index contributed by atoms with van der Waals surface area (Å²) in [4.78, 5) is 0. The molecule has 0 aliphatic heterocycles. The number of rotatable bonds is 4. The maximum Gasteiger partial charge on any atom is 0.118 e. The highest BCUT2D eigenvalue weighted by atomic mass is 35.5. The van der Waals surface area contributed by atoms with Gasteiger partial charge < -0.3 is 4.74 Å². The van der Waals surface area contributed by atoms with Crippen molar-refractivity contribution in [3.05, 3.63) is 64.7 Å². The molecule has 1 unspecified atom stereocenters. The Labute approximate surface area is 120 Å². The maximum atomic E-state index is 6.52. The van der Waals surface area contributed by atoms with E-state index >= 15 is 0 Å². The zero-order valence-electron chi connectivity index (χ0n) is 11.6. The van der Waals surface area contributed by atoms with Crippen LogP contribution in [0.25, 0.3) is 0 Å². The fraction of sp³-hybridized carbons (Fsp3) is 0.294. The Morgan fingerprint density at radius 2 is 1.74 bits per heavy atom. The summed E-state index contributed by atoms with van der Waals surface area (Å²) in [5, 5.41) is -0.00796. The predicted octanol–water partition coefficient (Wildman–Crippen LogP) is 4.83. The van der Waals surface area contributed by atoms with E-state index in [9.17, 15) is 0 Å². The molecule has 2 heteroatoms. The normalized spacial score (nSPS) is 12.2. The van der Waals surface area contributed by atoms with E-state index < -0.39 is 0 Å². The third-order valence-corrected chi connectivity index (χ3v) is 3.79. The van der Waals surface area contributed by atoms with Gasteiger partial charge in [0.1, 0.15) is 5.75 Å². The Balaban J connectivity index is 2.15. The number of methoxy groups -OCH3 is 1. The van der Waals surface area contributed by atoms with Crippen molar-refractivity contribution in [2.45, 2.75) is 25.6 Å². The Morgan fingerprint density at radius 1 is 1.05 bits per heavy atom. The third kappa shape index (κ3) is 3.51. The first-order valence-electron chi connectivity index (χ1n) is 6.44. The van der Waals surface area contributed by atoms with Crippen LogP contribution >= 0.6 is 11.6 Å². The molecule has 0 spiro atoms. The highest BCUT2D eigenvalue weighted by Crippen LogP contribution is 2.28. The molecule has 2 aromatic rings. The van der Waals surface area contributed by atoms with Gasteiger partial charge in [0.2, 0.25) is 0 Å². The molecular weight excluding hydrogens is 256 g/mol. The molecule has 1 nitrogen and oxygen atoms in total. The van der Waals surface area contributed by atoms with E-state index in [0.29, 0.717) is 0 Å². The van der Waals surface area contributed by atoms with E-state index in [-0.39, 0.29) is 5.38 Å². The molecule has 0 saturated heterocycles. The summed E-state index contributed by atoms with van der Waals surface area (Å²) in [6.45, 7) is 4.24. The van der Waals surface area contributed by atoms with E-state index in [1.54, 1.807) is 7.11 Å². The summed E-state index contributed by atoms with van der Waals surface area (Å²) in [6.07, 6.45) is 0.849. The van der Waals surface area contributed by atoms with Crippen molar-refractivity contribution >= 4 is 11.6 Å². The fourth-order valence-corrected chi connectivity index (χ4v) is 2.46. The Bertz CT molecular complexity index is 546. The van der Waals surface area contributed by atoms with Crippen molar-refractivity contribution in [1.29, 1.82) is 0 Å². The van der Waals surface area contributed by atoms with E-state index in [1.807, 2.05) is 24.3 Å². The van der Waals surface area contributed by atoms with Crippen LogP contribution < -0.4 is 4.74 Å². The van der Waals surface area contributed by atoms with Gasteiger partial charge in [-0.15, -0.1) is 11.6 Å². The van der Waals surface area contributed by atoms with Gasteiger partial charge in [-0.3, -0.25) is 0 Å². The lowest BCUT2D eigenvalue weighted by atomic mass is 9.98. The second-order valence-electron chi connectivity index (χ2n) is 4.87. The highest BCUT2D eigenvalue weighted by Gasteiger charge is 2.10. The Hall–Kier alpha value is -1.47. The van der Waals surface area contributed by atoms with Crippen LogP contribution in [0.5, 0.6) is 5.75 Å². The number of hydrogen-bond donors (Lipinski definition) is 0. The first kappa shape index (κ1) is 14.0. The van der Waals surface area contributed by atoms with E-state index in [1.165, 1.54) is 16.7 Å². The van der Waals surface area contributed by atoms with Gasteiger partial charge in [0.05, 0.1) is 12.5 Å². The molecule has 0 aliphatic carbocycles. The minimum absolute atomic E-state index is 0.00796. The van der Waals surface area contributed by atoms with Gasteiger partial charge in [-0.1, -0.05) is 35.9 Å². The molecule has 19 heavy (non-hydrogen) atoms. The standard InChI is InChI=1S/C17H19ClO/c1-12-4-5-13(2)15(10-12)11-17(18)14-6-8-16(19-3)9-7-14/h4-10,17H,11H2,1-3H3. The summed E-state index contributed by atoms with van der Waals surface area (Å²) in [6, 6.07) is 14.5. The lowest BCUT2D eigenvalue weighted by molar-refractivity contribution is 0.414. The molecule has 0 bridgehead atoms. The van der Waals surface area contributed by atoms with Crippen LogP contribution in [-0.2, 0) is 6.42 Å². The van der Waals surface area contributed by atoms with Gasteiger partial charge in [0, 0.05) is 0 Å². The van der Waals surface area contributed by atoms with Crippen molar-refractivity contribution < 1.29 is 4.74 Å². The van der Waals surface area contributed by atoms with Crippen molar-refractivity contribution in [2.75, 3.05) is 7.11 Å². The average Bonchev–Trinajstić information content (AvgIpc) is 2.43. The molecule has 0 saturated carbocycles. The van der Waals surface area contributed by atoms with Crippen molar-refractivity contribution in [3.8, 4) is 5.75 Å². The monoisotopic (exact) mass is 274 g/mol. The number of aryl methyl sites for hydroxylation is 2. The largest absolute Gasteiger partial charge is 0.497 e. The topological polar surface area (TPSA) is 9.23 Å². The smallest absolute Gasteiger partial charge is 0.118 e. The minimum Gasteiger partial charge on any atom is -0.497 e. The number of ether oxygens (including phenoxy) is 1. The van der Waals surface area contributed by atoms with Crippen molar-refractivity contribution in [2.24, 2.45) is 0 Å². The predicted molar refractivity (Wildman–Crippen MR) is 81.2 cm³/mol. The van der Waals surface area contributed by atoms with Crippen LogP contribution in [0.4, 0.5) is 0 Å². The molecule has 0 N–H and O–H groups in total. The summed E-state index contributed by atoms with van der Waals surface area (Å²) in [5.41, 5.74) is 5.02. The maximum absolute atomic E-state index is 6.52. The minimum atomic E-state index is -0.00796. The van der Waals surface area contributed by atoms with E-state index in [4.69, 9.17) is 16.3 Å². The zero-order valence-corrected chi connectivity index (χ0v) is 12.4. The molecule has 0 amide bonds. The molecule has 100 valence electrons. The molecule has 0 fully saturated rings. The van der Waals surface area contributed by atoms with Crippen LogP contribution in [0.1, 0.15) is 27.6 Å². The zero-order chi connectivity index (χ0) is 13.8. The van der Waals surface area contributed by atoms with Crippen LogP contribution in [-0.4, -0.2) is 7.11 Å². The summed E-state index contributed by atoms with van der Waals surface area (Å²) >= 11 is 6.52. The molecule has 0 radical (unpaired) electrons. The summed E-state index contributed by atoms with van der Waals surface area (Å²) in [7, 11) is 1.67. The SMILES string of the molecule is COc1ccc(C(Cl)Cc2cc(C)ccc2C)cc1. The molecule has 1 atom stereocenters. The number of benzene rings is 2. The molecule has 0 aromatic heterocycles. The lowest BCUT2D eigenvalue weighted by Gasteiger charge is -2.13. The fourth-order valence-electron chi connectivity index (χ4n) is 2.14. The Morgan fingerprint density at radius 3 is 2.37 bits per heavy atom. The molecule has 0 heterocycles. The van der Waals surface area contributed by atoms with E-state index in [0.717, 1.165) is 17.7 Å². The quantitative estimate of drug-likeness (QED) is 0.725. The van der Waals surface area contributed by atoms with Gasteiger partial charge in [-0.2, -0.15) is 0 Å². The molecule has 0 aliphatic rings. The van der Waals surface area contributed by atoms with Gasteiger partial charge in [0.15, 0.2) is 0 Å². The second-order valence-corrected chi connectivity index (χ2v) is 5.40. The molecular formula is C17H19ClO. The summed E-state index contributed by atoms with van der Waals surface area (Å²) in [5.74, 6) is 0.861. The van der Waals surface area contributed by atoms with Gasteiger partial charge in [0.25, 0.3) is 0 Å². The van der Waals surface area contributed by atoms with Crippen molar-refractivity contribution in [1.82, 2.24) is 0 Å². The molecule has 2 rings (SSSR count). The highest BCUT2D eigenvalue weighted by molar-refractivity contribution is 6.20. The first-order valence-corrected chi connectivity index (χ1v) is 6.88. The number of halogens is 1. The third-order valence-electron chi connectivity index (χ3n) is 3.38. The van der Waals surface area contributed by atoms with Gasteiger partial charge >= 0.3 is 0 Å². The van der Waals surface area contributed by atoms with Crippen LogP contribution in [0, 0.1) is 13.8 Å². The molecule has 2 aromatic carbocycles. The van der Waals surface area contributed by atoms with E-state index in [2.05, 4.69) is 32.0 Å². The van der Waals surface area contributed by atoms with Crippen LogP contribution in [0.2, 0.25) is 0 Å². The number of hydrogen-bond acceptors (Lipinski definition) is 1. The van der Waals surface area contributed by atoms with Crippen molar-refractivity contribution in [3.63, 3.8) is 0 Å². The van der Waals surface area contributed by atoms with Crippen LogP contribution in [0.15, 0.2) is 42.5 Å². The van der Waals surface area contributed by atoms with Gasteiger partial charge in [-0.05, 0) is 49.1 Å². The average molecular weight is 275 g/mol. The second kappa shape index (κ2) is 6.12. The van der Waals surface area contributed by atoms with Crippen LogP contribution in [0.3, 0.4) is 0 Å². The lowest BCUT2D eigenvalue weighted by Crippen LogP contribution is -1.98. The number of alkyl halides is 1.